The maximum absolute atomic E-state index is 11.7. The van der Waals surface area contributed by atoms with Crippen LogP contribution < -0.4 is 0 Å². The van der Waals surface area contributed by atoms with Crippen molar-refractivity contribution in [2.24, 2.45) is 11.8 Å². The largest absolute Gasteiger partial charge is 0.480 e. The molecule has 0 saturated heterocycles. The van der Waals surface area contributed by atoms with Crippen LogP contribution in [0.2, 0.25) is 0 Å². The lowest BCUT2D eigenvalue weighted by Crippen LogP contribution is -2.38. The van der Waals surface area contributed by atoms with Crippen LogP contribution in [0.15, 0.2) is 0 Å². The molecule has 0 aliphatic heterocycles. The van der Waals surface area contributed by atoms with Gasteiger partial charge in [-0.15, -0.1) is 0 Å². The summed E-state index contributed by atoms with van der Waals surface area (Å²) in [6, 6.07) is 0. The average Bonchev–Trinajstić information content (AvgIpc) is 2.85. The Bertz CT molecular complexity index is 246. The minimum atomic E-state index is -0.931. The molecule has 0 bridgehead atoms. The SMILES string of the molecule is CC(C)CN(CC(=O)O)C(=O)CC1CC1. The molecule has 0 spiro atoms. The molecule has 1 aliphatic carbocycles. The number of nitrogens with zero attached hydrogens (tertiary/aromatic N) is 1. The summed E-state index contributed by atoms with van der Waals surface area (Å²) >= 11 is 0. The fourth-order valence-electron chi connectivity index (χ4n) is 1.56. The summed E-state index contributed by atoms with van der Waals surface area (Å²) in [5, 5.41) is 8.70. The van der Waals surface area contributed by atoms with Gasteiger partial charge in [-0.3, -0.25) is 9.59 Å². The predicted molar refractivity (Wildman–Crippen MR) is 56.4 cm³/mol. The quantitative estimate of drug-likeness (QED) is 0.724. The van der Waals surface area contributed by atoms with E-state index in [1.165, 1.54) is 4.90 Å². The minimum Gasteiger partial charge on any atom is -0.480 e. The highest BCUT2D eigenvalue weighted by Gasteiger charge is 2.27. The molecule has 0 unspecified atom stereocenters. The zero-order chi connectivity index (χ0) is 11.4. The molecular weight excluding hydrogens is 194 g/mol. The van der Waals surface area contributed by atoms with Crippen LogP contribution in [0.5, 0.6) is 0 Å². The van der Waals surface area contributed by atoms with E-state index in [0.717, 1.165) is 12.8 Å². The molecular formula is C11H19NO3. The Labute approximate surface area is 90.3 Å². The molecule has 1 N–H and O–H groups in total. The van der Waals surface area contributed by atoms with Crippen LogP contribution in [-0.2, 0) is 9.59 Å². The van der Waals surface area contributed by atoms with Crippen LogP contribution in [0.1, 0.15) is 33.1 Å². The Balaban J connectivity index is 2.44. The Morgan fingerprint density at radius 3 is 2.40 bits per heavy atom. The standard InChI is InChI=1S/C11H19NO3/c1-8(2)6-12(7-11(14)15)10(13)5-9-3-4-9/h8-9H,3-7H2,1-2H3,(H,14,15). The molecule has 0 aromatic rings. The van der Waals surface area contributed by atoms with Gasteiger partial charge in [0.25, 0.3) is 0 Å². The average molecular weight is 213 g/mol. The second-order valence-corrected chi connectivity index (χ2v) is 4.71. The molecule has 1 fully saturated rings. The third kappa shape index (κ3) is 4.81. The summed E-state index contributed by atoms with van der Waals surface area (Å²) in [6.45, 7) is 4.35. The van der Waals surface area contributed by atoms with Crippen molar-refractivity contribution in [3.63, 3.8) is 0 Å². The van der Waals surface area contributed by atoms with Gasteiger partial charge in [0.15, 0.2) is 0 Å². The van der Waals surface area contributed by atoms with Gasteiger partial charge < -0.3 is 10.0 Å². The van der Waals surface area contributed by atoms with E-state index in [-0.39, 0.29) is 12.5 Å². The maximum atomic E-state index is 11.7. The lowest BCUT2D eigenvalue weighted by molar-refractivity contribution is -0.145. The van der Waals surface area contributed by atoms with E-state index in [2.05, 4.69) is 0 Å². The van der Waals surface area contributed by atoms with Crippen LogP contribution in [0.25, 0.3) is 0 Å². The van der Waals surface area contributed by atoms with E-state index in [1.807, 2.05) is 13.8 Å². The molecule has 0 aromatic heterocycles. The number of aliphatic carboxylic acids is 1. The number of carbonyl (C=O) groups is 2. The van der Waals surface area contributed by atoms with Gasteiger partial charge in [0, 0.05) is 13.0 Å². The maximum Gasteiger partial charge on any atom is 0.323 e. The van der Waals surface area contributed by atoms with Crippen molar-refractivity contribution in [3.05, 3.63) is 0 Å². The van der Waals surface area contributed by atoms with E-state index in [9.17, 15) is 9.59 Å². The van der Waals surface area contributed by atoms with Crippen molar-refractivity contribution in [1.82, 2.24) is 4.90 Å². The van der Waals surface area contributed by atoms with Crippen LogP contribution in [0.4, 0.5) is 0 Å². The van der Waals surface area contributed by atoms with Gasteiger partial charge in [-0.1, -0.05) is 13.8 Å². The smallest absolute Gasteiger partial charge is 0.323 e. The van der Waals surface area contributed by atoms with Crippen LogP contribution in [0, 0.1) is 11.8 Å². The summed E-state index contributed by atoms with van der Waals surface area (Å²) in [4.78, 5) is 23.8. The number of carboxylic acids is 1. The highest BCUT2D eigenvalue weighted by atomic mass is 16.4. The van der Waals surface area contributed by atoms with Gasteiger partial charge in [-0.25, -0.2) is 0 Å². The van der Waals surface area contributed by atoms with Gasteiger partial charge >= 0.3 is 5.97 Å². The minimum absolute atomic E-state index is 0.00593. The van der Waals surface area contributed by atoms with Crippen molar-refractivity contribution in [3.8, 4) is 0 Å². The molecule has 0 atom stereocenters. The number of hydrogen-bond acceptors (Lipinski definition) is 2. The van der Waals surface area contributed by atoms with Crippen molar-refractivity contribution in [2.75, 3.05) is 13.1 Å². The first-order valence-electron chi connectivity index (χ1n) is 5.48. The van der Waals surface area contributed by atoms with E-state index in [1.54, 1.807) is 0 Å². The fraction of sp³-hybridized carbons (Fsp3) is 0.818. The molecule has 15 heavy (non-hydrogen) atoms. The van der Waals surface area contributed by atoms with E-state index in [0.29, 0.717) is 24.8 Å². The highest BCUT2D eigenvalue weighted by molar-refractivity contribution is 5.81. The van der Waals surface area contributed by atoms with Crippen LogP contribution in [-0.4, -0.2) is 35.0 Å². The topological polar surface area (TPSA) is 57.6 Å². The predicted octanol–water partition coefficient (Wildman–Crippen LogP) is 1.36. The van der Waals surface area contributed by atoms with Crippen molar-refractivity contribution in [2.45, 2.75) is 33.1 Å². The third-order valence-corrected chi connectivity index (χ3v) is 2.42. The third-order valence-electron chi connectivity index (χ3n) is 2.42. The van der Waals surface area contributed by atoms with E-state index in [4.69, 9.17) is 5.11 Å². The first kappa shape index (κ1) is 12.0. The van der Waals surface area contributed by atoms with Gasteiger partial charge in [-0.2, -0.15) is 0 Å². The lowest BCUT2D eigenvalue weighted by atomic mass is 10.2. The molecule has 4 nitrogen and oxygen atoms in total. The number of carboxylic acid groups (broad SMARTS) is 1. The van der Waals surface area contributed by atoms with E-state index >= 15 is 0 Å². The van der Waals surface area contributed by atoms with Crippen molar-refractivity contribution < 1.29 is 14.7 Å². The Morgan fingerprint density at radius 2 is 2.00 bits per heavy atom. The molecule has 86 valence electrons. The fourth-order valence-corrected chi connectivity index (χ4v) is 1.56. The van der Waals surface area contributed by atoms with E-state index < -0.39 is 5.97 Å². The van der Waals surface area contributed by atoms with Gasteiger partial charge in [0.1, 0.15) is 6.54 Å². The second-order valence-electron chi connectivity index (χ2n) is 4.71. The summed E-state index contributed by atoms with van der Waals surface area (Å²) in [5.41, 5.74) is 0. The normalized spacial score (nSPS) is 15.4. The van der Waals surface area contributed by atoms with Crippen molar-refractivity contribution in [1.29, 1.82) is 0 Å². The van der Waals surface area contributed by atoms with Gasteiger partial charge in [-0.05, 0) is 24.7 Å². The summed E-state index contributed by atoms with van der Waals surface area (Å²) in [6.07, 6.45) is 2.77. The molecule has 4 heteroatoms. The highest BCUT2D eigenvalue weighted by Crippen LogP contribution is 2.32. The Morgan fingerprint density at radius 1 is 1.40 bits per heavy atom. The molecule has 0 aromatic carbocycles. The van der Waals surface area contributed by atoms with Crippen molar-refractivity contribution >= 4 is 11.9 Å². The molecule has 1 aliphatic rings. The van der Waals surface area contributed by atoms with Crippen LogP contribution >= 0.6 is 0 Å². The first-order chi connectivity index (χ1) is 6.99. The molecule has 1 saturated carbocycles. The lowest BCUT2D eigenvalue weighted by Gasteiger charge is -2.22. The zero-order valence-corrected chi connectivity index (χ0v) is 9.40. The number of hydrogen-bond donors (Lipinski definition) is 1. The first-order valence-corrected chi connectivity index (χ1v) is 5.48. The number of rotatable bonds is 6. The Kier molecular flexibility index (Phi) is 4.12. The Hall–Kier alpha value is -1.06. The summed E-state index contributed by atoms with van der Waals surface area (Å²) in [7, 11) is 0. The number of amides is 1. The molecule has 0 heterocycles. The molecule has 1 amide bonds. The summed E-state index contributed by atoms with van der Waals surface area (Å²) < 4.78 is 0. The summed E-state index contributed by atoms with van der Waals surface area (Å²) in [5.74, 6) is -0.109. The molecule has 0 radical (unpaired) electrons. The number of carbonyl (C=O) groups excluding carboxylic acids is 1. The van der Waals surface area contributed by atoms with Crippen LogP contribution in [0.3, 0.4) is 0 Å². The van der Waals surface area contributed by atoms with Gasteiger partial charge in [0.2, 0.25) is 5.91 Å². The monoisotopic (exact) mass is 213 g/mol. The molecule has 1 rings (SSSR count). The zero-order valence-electron chi connectivity index (χ0n) is 9.40. The van der Waals surface area contributed by atoms with Gasteiger partial charge in [0.05, 0.1) is 0 Å². The second kappa shape index (κ2) is 5.14.